The molecular weight excluding hydrogens is 263 g/mol. The minimum atomic E-state index is -0.536. The first kappa shape index (κ1) is 14.0. The minimum absolute atomic E-state index is 0.0640. The van der Waals surface area contributed by atoms with Crippen molar-refractivity contribution in [3.05, 3.63) is 63.5 Å². The van der Waals surface area contributed by atoms with Gasteiger partial charge in [-0.1, -0.05) is 6.07 Å². The van der Waals surface area contributed by atoms with E-state index in [4.69, 9.17) is 10.5 Å². The zero-order valence-electron chi connectivity index (χ0n) is 10.8. The van der Waals surface area contributed by atoms with Gasteiger partial charge in [0.15, 0.2) is 0 Å². The number of nitro benzene ring substituents is 1. The molecule has 2 N–H and O–H groups in total. The molecule has 20 heavy (non-hydrogen) atoms. The topological polar surface area (TPSA) is 78.4 Å². The molecule has 0 saturated carbocycles. The van der Waals surface area contributed by atoms with E-state index in [1.807, 2.05) is 0 Å². The zero-order valence-corrected chi connectivity index (χ0v) is 10.8. The molecule has 0 radical (unpaired) electrons. The third-order valence-electron chi connectivity index (χ3n) is 2.71. The van der Waals surface area contributed by atoms with Crippen LogP contribution in [0.5, 0.6) is 11.5 Å². The molecule has 6 heteroatoms. The van der Waals surface area contributed by atoms with Crippen LogP contribution < -0.4 is 10.5 Å². The first-order chi connectivity index (χ1) is 9.49. The predicted molar refractivity (Wildman–Crippen MR) is 72.2 cm³/mol. The lowest BCUT2D eigenvalue weighted by atomic mass is 10.2. The Bertz CT molecular complexity index is 659. The van der Waals surface area contributed by atoms with Gasteiger partial charge in [0, 0.05) is 18.7 Å². The number of ether oxygens (including phenoxy) is 1. The first-order valence-corrected chi connectivity index (χ1v) is 5.92. The summed E-state index contributed by atoms with van der Waals surface area (Å²) in [5.41, 5.74) is 6.58. The second-order valence-corrected chi connectivity index (χ2v) is 4.33. The number of hydrogen-bond acceptors (Lipinski definition) is 4. The van der Waals surface area contributed by atoms with E-state index in [0.29, 0.717) is 5.56 Å². The van der Waals surface area contributed by atoms with Crippen LogP contribution in [0.3, 0.4) is 0 Å². The van der Waals surface area contributed by atoms with Crippen molar-refractivity contribution in [1.29, 1.82) is 0 Å². The van der Waals surface area contributed by atoms with E-state index in [2.05, 4.69) is 0 Å². The Morgan fingerprint density at radius 1 is 1.30 bits per heavy atom. The molecule has 0 saturated heterocycles. The van der Waals surface area contributed by atoms with Crippen molar-refractivity contribution < 1.29 is 14.1 Å². The fraction of sp³-hybridized carbons (Fsp3) is 0.143. The van der Waals surface area contributed by atoms with E-state index >= 15 is 0 Å². The highest BCUT2D eigenvalue weighted by molar-refractivity contribution is 5.50. The van der Waals surface area contributed by atoms with Gasteiger partial charge in [-0.2, -0.15) is 0 Å². The number of nitrogens with zero attached hydrogens (tertiary/aromatic N) is 1. The average Bonchev–Trinajstić information content (AvgIpc) is 2.40. The molecule has 0 aliphatic carbocycles. The van der Waals surface area contributed by atoms with E-state index in [1.54, 1.807) is 19.1 Å². The van der Waals surface area contributed by atoms with Crippen LogP contribution in [-0.4, -0.2) is 4.92 Å². The normalized spacial score (nSPS) is 10.3. The van der Waals surface area contributed by atoms with Gasteiger partial charge in [-0.3, -0.25) is 10.1 Å². The number of rotatable bonds is 4. The number of nitrogens with two attached hydrogens (primary N) is 1. The summed E-state index contributed by atoms with van der Waals surface area (Å²) in [5, 5.41) is 11.0. The lowest BCUT2D eigenvalue weighted by Gasteiger charge is -2.08. The summed E-state index contributed by atoms with van der Waals surface area (Å²) in [6, 6.07) is 8.57. The molecule has 0 unspecified atom stereocenters. The van der Waals surface area contributed by atoms with Crippen LogP contribution >= 0.6 is 0 Å². The lowest BCUT2D eigenvalue weighted by Crippen LogP contribution is -1.98. The summed E-state index contributed by atoms with van der Waals surface area (Å²) in [6.45, 7) is 1.90. The van der Waals surface area contributed by atoms with Crippen LogP contribution in [0.15, 0.2) is 36.4 Å². The molecule has 5 nitrogen and oxygen atoms in total. The molecule has 2 aromatic carbocycles. The van der Waals surface area contributed by atoms with Crippen molar-refractivity contribution >= 4 is 5.69 Å². The van der Waals surface area contributed by atoms with Gasteiger partial charge in [0.05, 0.1) is 4.92 Å². The van der Waals surface area contributed by atoms with Crippen LogP contribution in [0.2, 0.25) is 0 Å². The molecule has 0 bridgehead atoms. The number of aryl methyl sites for hydroxylation is 1. The van der Waals surface area contributed by atoms with Crippen molar-refractivity contribution in [1.82, 2.24) is 0 Å². The fourth-order valence-corrected chi connectivity index (χ4v) is 1.78. The summed E-state index contributed by atoms with van der Waals surface area (Å²) in [6.07, 6.45) is 0. The minimum Gasteiger partial charge on any atom is -0.450 e. The quantitative estimate of drug-likeness (QED) is 0.686. The van der Waals surface area contributed by atoms with Crippen LogP contribution in [-0.2, 0) is 6.54 Å². The summed E-state index contributed by atoms with van der Waals surface area (Å²) < 4.78 is 18.8. The van der Waals surface area contributed by atoms with Crippen molar-refractivity contribution in [2.24, 2.45) is 5.73 Å². The molecule has 104 valence electrons. The van der Waals surface area contributed by atoms with Gasteiger partial charge in [-0.25, -0.2) is 4.39 Å². The van der Waals surface area contributed by atoms with Crippen LogP contribution in [0.4, 0.5) is 10.1 Å². The largest absolute Gasteiger partial charge is 0.450 e. The zero-order chi connectivity index (χ0) is 14.7. The Morgan fingerprint density at radius 3 is 2.70 bits per heavy atom. The Labute approximate surface area is 114 Å². The Kier molecular flexibility index (Phi) is 3.95. The third-order valence-corrected chi connectivity index (χ3v) is 2.71. The highest BCUT2D eigenvalue weighted by Crippen LogP contribution is 2.32. The maximum absolute atomic E-state index is 13.4. The van der Waals surface area contributed by atoms with E-state index < -0.39 is 10.7 Å². The maximum Gasteiger partial charge on any atom is 0.311 e. The number of halogens is 1. The third kappa shape index (κ3) is 3.10. The fourth-order valence-electron chi connectivity index (χ4n) is 1.78. The van der Waals surface area contributed by atoms with E-state index in [1.165, 1.54) is 18.2 Å². The van der Waals surface area contributed by atoms with Crippen LogP contribution in [0.25, 0.3) is 0 Å². The number of nitro groups is 1. The molecule has 0 atom stereocenters. The Hall–Kier alpha value is -2.47. The van der Waals surface area contributed by atoms with E-state index in [0.717, 1.165) is 11.6 Å². The molecule has 0 aromatic heterocycles. The van der Waals surface area contributed by atoms with Gasteiger partial charge in [0.2, 0.25) is 5.75 Å². The SMILES string of the molecule is Cc1ccc(Oc2cc(F)cc(CN)c2)c([N+](=O)[O-])c1. The average molecular weight is 276 g/mol. The van der Waals surface area contributed by atoms with Gasteiger partial charge in [0.1, 0.15) is 11.6 Å². The monoisotopic (exact) mass is 276 g/mol. The Balaban J connectivity index is 2.39. The van der Waals surface area contributed by atoms with Gasteiger partial charge in [-0.15, -0.1) is 0 Å². The highest BCUT2D eigenvalue weighted by atomic mass is 19.1. The molecule has 0 amide bonds. The number of hydrogen-bond donors (Lipinski definition) is 1. The van der Waals surface area contributed by atoms with Crippen molar-refractivity contribution in [2.45, 2.75) is 13.5 Å². The van der Waals surface area contributed by atoms with Gasteiger partial charge >= 0.3 is 5.69 Å². The molecular formula is C14H13FN2O3. The van der Waals surface area contributed by atoms with Crippen molar-refractivity contribution in [3.8, 4) is 11.5 Å². The molecule has 0 aliphatic heterocycles. The summed E-state index contributed by atoms with van der Waals surface area (Å²) in [4.78, 5) is 10.4. The predicted octanol–water partition coefficient (Wildman–Crippen LogP) is 3.29. The molecule has 0 aliphatic rings. The molecule has 0 spiro atoms. The summed E-state index contributed by atoms with van der Waals surface area (Å²) in [5.74, 6) is -0.260. The highest BCUT2D eigenvalue weighted by Gasteiger charge is 2.16. The second kappa shape index (κ2) is 5.66. The van der Waals surface area contributed by atoms with E-state index in [9.17, 15) is 14.5 Å². The molecule has 2 aromatic rings. The molecule has 0 heterocycles. The number of benzene rings is 2. The summed E-state index contributed by atoms with van der Waals surface area (Å²) >= 11 is 0. The van der Waals surface area contributed by atoms with E-state index in [-0.39, 0.29) is 23.7 Å². The van der Waals surface area contributed by atoms with Gasteiger partial charge < -0.3 is 10.5 Å². The van der Waals surface area contributed by atoms with Crippen molar-refractivity contribution in [3.63, 3.8) is 0 Å². The lowest BCUT2D eigenvalue weighted by molar-refractivity contribution is -0.385. The second-order valence-electron chi connectivity index (χ2n) is 4.33. The molecule has 0 fully saturated rings. The maximum atomic E-state index is 13.4. The van der Waals surface area contributed by atoms with Crippen LogP contribution in [0, 0.1) is 22.9 Å². The standard InChI is InChI=1S/C14H13FN2O3/c1-9-2-3-14(13(4-9)17(18)19)20-12-6-10(8-16)5-11(15)7-12/h2-7H,8,16H2,1H3. The van der Waals surface area contributed by atoms with Crippen LogP contribution in [0.1, 0.15) is 11.1 Å². The van der Waals surface area contributed by atoms with Gasteiger partial charge in [0.25, 0.3) is 0 Å². The Morgan fingerprint density at radius 2 is 2.05 bits per heavy atom. The van der Waals surface area contributed by atoms with Crippen molar-refractivity contribution in [2.75, 3.05) is 0 Å². The summed E-state index contributed by atoms with van der Waals surface area (Å²) in [7, 11) is 0. The van der Waals surface area contributed by atoms with Gasteiger partial charge in [-0.05, 0) is 36.2 Å². The smallest absolute Gasteiger partial charge is 0.311 e. The first-order valence-electron chi connectivity index (χ1n) is 5.92. The molecule has 2 rings (SSSR count).